The number of phenols is 4. The zero-order chi connectivity index (χ0) is 47.2. The highest BCUT2D eigenvalue weighted by Gasteiger charge is 2.45. The SMILES string of the molecule is Cc1ccc(-c2cc(C3(c4ccc(O)c(-c5ccc(C)cc5)c4)CCC(C4CCC(c5ccc(O)c(-c6ccc(C)cc6)c5)(c5ccc(O)c(-c6ccc(C)cc6)c5)CC4)CC3)ccc2O)cc1. The number of benzene rings is 8. The van der Waals surface area contributed by atoms with E-state index in [0.29, 0.717) is 11.8 Å². The van der Waals surface area contributed by atoms with E-state index in [2.05, 4.69) is 173 Å². The van der Waals surface area contributed by atoms with Crippen molar-refractivity contribution in [2.45, 2.75) is 89.9 Å². The third kappa shape index (κ3) is 8.47. The van der Waals surface area contributed by atoms with Gasteiger partial charge in [0.2, 0.25) is 0 Å². The van der Waals surface area contributed by atoms with Gasteiger partial charge in [-0.2, -0.15) is 0 Å². The van der Waals surface area contributed by atoms with Crippen LogP contribution in [0.15, 0.2) is 170 Å². The summed E-state index contributed by atoms with van der Waals surface area (Å²) >= 11 is 0. The number of hydrogen-bond acceptors (Lipinski definition) is 4. The van der Waals surface area contributed by atoms with Crippen molar-refractivity contribution in [2.75, 3.05) is 0 Å². The average molecular weight is 895 g/mol. The molecule has 8 aromatic carbocycles. The topological polar surface area (TPSA) is 80.9 Å². The van der Waals surface area contributed by atoms with Gasteiger partial charge in [0.1, 0.15) is 23.0 Å². The van der Waals surface area contributed by atoms with Crippen LogP contribution in [-0.4, -0.2) is 20.4 Å². The molecule has 0 atom stereocenters. The van der Waals surface area contributed by atoms with Crippen LogP contribution in [0, 0.1) is 39.5 Å². The molecule has 2 aliphatic rings. The predicted molar refractivity (Wildman–Crippen MR) is 279 cm³/mol. The number of aryl methyl sites for hydroxylation is 4. The zero-order valence-corrected chi connectivity index (χ0v) is 39.8. The van der Waals surface area contributed by atoms with E-state index < -0.39 is 0 Å². The van der Waals surface area contributed by atoms with Crippen molar-refractivity contribution >= 4 is 0 Å². The Morgan fingerprint density at radius 1 is 0.294 bits per heavy atom. The molecule has 8 aromatic rings. The van der Waals surface area contributed by atoms with Crippen LogP contribution in [0.25, 0.3) is 44.5 Å². The summed E-state index contributed by atoms with van der Waals surface area (Å²) in [6, 6.07) is 58.5. The fraction of sp³-hybridized carbons (Fsp3) is 0.250. The van der Waals surface area contributed by atoms with E-state index in [-0.39, 0.29) is 33.8 Å². The minimum atomic E-state index is -0.327. The quantitative estimate of drug-likeness (QED) is 0.116. The molecule has 0 amide bonds. The van der Waals surface area contributed by atoms with Crippen molar-refractivity contribution in [3.05, 3.63) is 214 Å². The summed E-state index contributed by atoms with van der Waals surface area (Å²) < 4.78 is 0. The lowest BCUT2D eigenvalue weighted by molar-refractivity contribution is 0.141. The van der Waals surface area contributed by atoms with Crippen LogP contribution in [0.4, 0.5) is 0 Å². The van der Waals surface area contributed by atoms with Crippen LogP contribution in [0.2, 0.25) is 0 Å². The van der Waals surface area contributed by atoms with Gasteiger partial charge < -0.3 is 20.4 Å². The summed E-state index contributed by atoms with van der Waals surface area (Å²) in [4.78, 5) is 0. The summed E-state index contributed by atoms with van der Waals surface area (Å²) in [6.45, 7) is 8.34. The minimum absolute atomic E-state index is 0.275. The van der Waals surface area contributed by atoms with Gasteiger partial charge in [0.15, 0.2) is 0 Å². The van der Waals surface area contributed by atoms with Gasteiger partial charge in [-0.1, -0.05) is 144 Å². The van der Waals surface area contributed by atoms with Gasteiger partial charge >= 0.3 is 0 Å². The first kappa shape index (κ1) is 44.8. The second kappa shape index (κ2) is 18.2. The molecule has 4 heteroatoms. The molecular formula is C64H62O4. The van der Waals surface area contributed by atoms with E-state index >= 15 is 0 Å². The molecular weight excluding hydrogens is 833 g/mol. The summed E-state index contributed by atoms with van der Waals surface area (Å²) in [5, 5.41) is 45.3. The lowest BCUT2D eigenvalue weighted by Gasteiger charge is -2.47. The highest BCUT2D eigenvalue weighted by Crippen LogP contribution is 2.56. The Kier molecular flexibility index (Phi) is 12.0. The normalized spacial score (nSPS) is 16.1. The van der Waals surface area contributed by atoms with Crippen LogP contribution in [-0.2, 0) is 10.8 Å². The Morgan fingerprint density at radius 2 is 0.500 bits per heavy atom. The highest BCUT2D eigenvalue weighted by molar-refractivity contribution is 5.76. The van der Waals surface area contributed by atoms with Crippen molar-refractivity contribution in [3.8, 4) is 67.5 Å². The summed E-state index contributed by atoms with van der Waals surface area (Å²) in [5.74, 6) is 2.17. The molecule has 0 saturated heterocycles. The van der Waals surface area contributed by atoms with Crippen molar-refractivity contribution in [3.63, 3.8) is 0 Å². The molecule has 0 unspecified atom stereocenters. The standard InChI is InChI=1S/C64H62O4/c1-41-5-13-47(14-6-41)55-37-51(21-25-59(55)65)63(52-22-26-60(66)56(38-52)48-15-7-42(2)8-16-48)33-29-45(30-34-63)46-31-35-64(36-32-46,53-23-27-61(67)57(39-53)49-17-9-43(3)10-18-49)54-24-28-62(68)58(40-54)50-19-11-44(4)12-20-50/h5-28,37-40,45-46,65-68H,29-36H2,1-4H3. The van der Waals surface area contributed by atoms with Gasteiger partial charge in [0.05, 0.1) is 0 Å². The number of phenolic OH excluding ortho intramolecular Hbond substituents is 4. The van der Waals surface area contributed by atoms with Gasteiger partial charge in [-0.15, -0.1) is 0 Å². The summed E-state index contributed by atoms with van der Waals surface area (Å²) in [5.41, 5.74) is 16.2. The molecule has 10 rings (SSSR count). The molecule has 4 nitrogen and oxygen atoms in total. The molecule has 2 aliphatic carbocycles. The zero-order valence-electron chi connectivity index (χ0n) is 39.8. The third-order valence-corrected chi connectivity index (χ3v) is 16.1. The molecule has 342 valence electrons. The lowest BCUT2D eigenvalue weighted by atomic mass is 9.57. The fourth-order valence-corrected chi connectivity index (χ4v) is 11.9. The second-order valence-corrected chi connectivity index (χ2v) is 20.2. The molecule has 4 N–H and O–H groups in total. The van der Waals surface area contributed by atoms with E-state index in [9.17, 15) is 20.4 Å². The number of rotatable bonds is 9. The first-order valence-electron chi connectivity index (χ1n) is 24.5. The van der Waals surface area contributed by atoms with E-state index in [1.807, 2.05) is 24.3 Å². The summed E-state index contributed by atoms with van der Waals surface area (Å²) in [6.07, 6.45) is 8.05. The van der Waals surface area contributed by atoms with Gasteiger partial charge in [0, 0.05) is 33.1 Å². The van der Waals surface area contributed by atoms with Crippen LogP contribution in [0.1, 0.15) is 95.9 Å². The van der Waals surface area contributed by atoms with Crippen molar-refractivity contribution in [1.82, 2.24) is 0 Å². The average Bonchev–Trinajstić information content (AvgIpc) is 3.36. The first-order valence-corrected chi connectivity index (χ1v) is 24.5. The second-order valence-electron chi connectivity index (χ2n) is 20.2. The monoisotopic (exact) mass is 894 g/mol. The molecule has 0 aliphatic heterocycles. The first-order chi connectivity index (χ1) is 32.9. The Bertz CT molecular complexity index is 2670. The maximum Gasteiger partial charge on any atom is 0.123 e. The van der Waals surface area contributed by atoms with Crippen LogP contribution < -0.4 is 0 Å². The number of hydrogen-bond donors (Lipinski definition) is 4. The van der Waals surface area contributed by atoms with E-state index in [1.165, 1.54) is 44.5 Å². The molecule has 0 bridgehead atoms. The Labute approximate surface area is 402 Å². The Balaban J connectivity index is 0.996. The van der Waals surface area contributed by atoms with Crippen LogP contribution in [0.3, 0.4) is 0 Å². The van der Waals surface area contributed by atoms with Gasteiger partial charge in [0.25, 0.3) is 0 Å². The highest BCUT2D eigenvalue weighted by atomic mass is 16.3. The smallest absolute Gasteiger partial charge is 0.123 e. The molecule has 2 saturated carbocycles. The molecule has 0 spiro atoms. The third-order valence-electron chi connectivity index (χ3n) is 16.1. The van der Waals surface area contributed by atoms with Gasteiger partial charge in [-0.3, -0.25) is 0 Å². The van der Waals surface area contributed by atoms with Gasteiger partial charge in [-0.25, -0.2) is 0 Å². The molecule has 0 aromatic heterocycles. The Morgan fingerprint density at radius 3 is 0.706 bits per heavy atom. The Hall–Kier alpha value is -7.04. The predicted octanol–water partition coefficient (Wildman–Crippen LogP) is 16.1. The number of aromatic hydroxyl groups is 4. The van der Waals surface area contributed by atoms with E-state index in [1.54, 1.807) is 0 Å². The lowest BCUT2D eigenvalue weighted by Crippen LogP contribution is -2.38. The molecule has 0 heterocycles. The minimum Gasteiger partial charge on any atom is -0.507 e. The largest absolute Gasteiger partial charge is 0.507 e. The van der Waals surface area contributed by atoms with Gasteiger partial charge in [-0.05, 0) is 184 Å². The molecule has 0 radical (unpaired) electrons. The van der Waals surface area contributed by atoms with Crippen LogP contribution >= 0.6 is 0 Å². The van der Waals surface area contributed by atoms with Crippen molar-refractivity contribution < 1.29 is 20.4 Å². The van der Waals surface area contributed by atoms with E-state index in [0.717, 1.165) is 95.9 Å². The summed E-state index contributed by atoms with van der Waals surface area (Å²) in [7, 11) is 0. The van der Waals surface area contributed by atoms with E-state index in [4.69, 9.17) is 0 Å². The maximum atomic E-state index is 11.3. The molecule has 68 heavy (non-hydrogen) atoms. The fourth-order valence-electron chi connectivity index (χ4n) is 11.9. The molecule has 2 fully saturated rings. The maximum absolute atomic E-state index is 11.3. The van der Waals surface area contributed by atoms with Crippen molar-refractivity contribution in [2.24, 2.45) is 11.8 Å². The van der Waals surface area contributed by atoms with Crippen molar-refractivity contribution in [1.29, 1.82) is 0 Å². The van der Waals surface area contributed by atoms with Crippen LogP contribution in [0.5, 0.6) is 23.0 Å².